The molecule has 0 aromatic heterocycles. The van der Waals surface area contributed by atoms with Gasteiger partial charge in [-0.15, -0.1) is 0 Å². The average molecular weight is 232 g/mol. The van der Waals surface area contributed by atoms with Crippen LogP contribution < -0.4 is 0 Å². The molecule has 2 aliphatic rings. The van der Waals surface area contributed by atoms with Gasteiger partial charge in [0, 0.05) is 0 Å². The van der Waals surface area contributed by atoms with E-state index in [1.165, 1.54) is 24.8 Å². The van der Waals surface area contributed by atoms with E-state index < -0.39 is 0 Å². The maximum atomic E-state index is 9.65. The van der Waals surface area contributed by atoms with Gasteiger partial charge < -0.3 is 5.11 Å². The summed E-state index contributed by atoms with van der Waals surface area (Å²) in [5, 5.41) is 9.65. The van der Waals surface area contributed by atoms with Gasteiger partial charge in [-0.3, -0.25) is 0 Å². The first-order chi connectivity index (χ1) is 8.15. The summed E-state index contributed by atoms with van der Waals surface area (Å²) >= 11 is 0. The third kappa shape index (κ3) is 3.57. The molecular formula is C16H24O. The minimum absolute atomic E-state index is 0.195. The van der Waals surface area contributed by atoms with Crippen LogP contribution in [0.4, 0.5) is 0 Å². The van der Waals surface area contributed by atoms with Gasteiger partial charge in [0.15, 0.2) is 0 Å². The van der Waals surface area contributed by atoms with Crippen LogP contribution in [0.3, 0.4) is 0 Å². The Morgan fingerprint density at radius 3 is 2.71 bits per heavy atom. The van der Waals surface area contributed by atoms with Gasteiger partial charge in [0.05, 0.1) is 6.10 Å². The molecule has 3 atom stereocenters. The summed E-state index contributed by atoms with van der Waals surface area (Å²) in [5.41, 5.74) is 2.68. The minimum Gasteiger partial charge on any atom is -0.389 e. The van der Waals surface area contributed by atoms with Crippen LogP contribution in [0.5, 0.6) is 0 Å². The fourth-order valence-corrected chi connectivity index (χ4v) is 2.87. The predicted molar refractivity (Wildman–Crippen MR) is 72.7 cm³/mol. The molecule has 0 bridgehead atoms. The smallest absolute Gasteiger partial charge is 0.0748 e. The summed E-state index contributed by atoms with van der Waals surface area (Å²) in [6.07, 6.45) is 14.9. The molecule has 0 aromatic carbocycles. The fraction of sp³-hybridized carbons (Fsp3) is 0.625. The highest BCUT2D eigenvalue weighted by Gasteiger charge is 2.17. The molecule has 0 radical (unpaired) electrons. The van der Waals surface area contributed by atoms with Crippen molar-refractivity contribution in [3.8, 4) is 0 Å². The van der Waals surface area contributed by atoms with Crippen LogP contribution in [0.2, 0.25) is 0 Å². The molecule has 1 N–H and O–H groups in total. The molecule has 2 aliphatic carbocycles. The van der Waals surface area contributed by atoms with Crippen molar-refractivity contribution >= 4 is 0 Å². The maximum Gasteiger partial charge on any atom is 0.0748 e. The predicted octanol–water partition coefficient (Wildman–Crippen LogP) is 4.01. The third-order valence-electron chi connectivity index (χ3n) is 4.02. The van der Waals surface area contributed by atoms with Gasteiger partial charge in [-0.1, -0.05) is 29.9 Å². The van der Waals surface area contributed by atoms with Crippen LogP contribution in [-0.4, -0.2) is 11.2 Å². The number of rotatable bonds is 2. The molecule has 1 heteroatoms. The zero-order valence-electron chi connectivity index (χ0n) is 11.0. The van der Waals surface area contributed by atoms with Crippen molar-refractivity contribution in [1.29, 1.82) is 0 Å². The van der Waals surface area contributed by atoms with E-state index >= 15 is 0 Å². The lowest BCUT2D eigenvalue weighted by molar-refractivity contribution is 0.186. The van der Waals surface area contributed by atoms with E-state index in [1.807, 2.05) is 6.92 Å². The second-order valence-electron chi connectivity index (χ2n) is 5.64. The SMILES string of the molecule is CC1=CCCC(/C=C/C2C=C(C)C(O)CC2)C1. The van der Waals surface area contributed by atoms with E-state index in [0.717, 1.165) is 24.3 Å². The third-order valence-corrected chi connectivity index (χ3v) is 4.02. The van der Waals surface area contributed by atoms with Crippen LogP contribution in [0.15, 0.2) is 35.5 Å². The van der Waals surface area contributed by atoms with Crippen molar-refractivity contribution in [2.45, 2.75) is 52.1 Å². The Balaban J connectivity index is 1.91. The zero-order valence-corrected chi connectivity index (χ0v) is 11.0. The molecule has 0 saturated heterocycles. The second kappa shape index (κ2) is 5.68. The van der Waals surface area contributed by atoms with Crippen LogP contribution in [0, 0.1) is 11.8 Å². The molecule has 0 spiro atoms. The van der Waals surface area contributed by atoms with Crippen molar-refractivity contribution in [2.24, 2.45) is 11.8 Å². The van der Waals surface area contributed by atoms with E-state index in [9.17, 15) is 5.11 Å². The molecule has 0 saturated carbocycles. The van der Waals surface area contributed by atoms with Crippen molar-refractivity contribution < 1.29 is 5.11 Å². The first kappa shape index (κ1) is 12.6. The van der Waals surface area contributed by atoms with E-state index in [1.54, 1.807) is 0 Å². The molecule has 0 aliphatic heterocycles. The molecule has 0 fully saturated rings. The Hall–Kier alpha value is -0.820. The summed E-state index contributed by atoms with van der Waals surface area (Å²) in [4.78, 5) is 0. The normalized spacial score (nSPS) is 34.6. The van der Waals surface area contributed by atoms with Crippen molar-refractivity contribution in [1.82, 2.24) is 0 Å². The van der Waals surface area contributed by atoms with Crippen LogP contribution in [0.25, 0.3) is 0 Å². The molecule has 2 rings (SSSR count). The summed E-state index contributed by atoms with van der Waals surface area (Å²) in [6.45, 7) is 4.28. The quantitative estimate of drug-likeness (QED) is 0.713. The second-order valence-corrected chi connectivity index (χ2v) is 5.64. The Kier molecular flexibility index (Phi) is 4.22. The lowest BCUT2D eigenvalue weighted by Crippen LogP contribution is -2.16. The Labute approximate surface area is 105 Å². The van der Waals surface area contributed by atoms with E-state index in [4.69, 9.17) is 0 Å². The number of allylic oxidation sites excluding steroid dienone is 5. The van der Waals surface area contributed by atoms with Gasteiger partial charge in [0.1, 0.15) is 0 Å². The molecule has 0 heterocycles. The lowest BCUT2D eigenvalue weighted by atomic mass is 9.85. The number of aliphatic hydroxyl groups is 1. The van der Waals surface area contributed by atoms with Gasteiger partial charge in [0.2, 0.25) is 0 Å². The minimum atomic E-state index is -0.195. The Morgan fingerprint density at radius 1 is 1.18 bits per heavy atom. The van der Waals surface area contributed by atoms with Crippen LogP contribution in [-0.2, 0) is 0 Å². The van der Waals surface area contributed by atoms with Gasteiger partial charge in [-0.2, -0.15) is 0 Å². The van der Waals surface area contributed by atoms with Gasteiger partial charge in [-0.25, -0.2) is 0 Å². The van der Waals surface area contributed by atoms with E-state index in [-0.39, 0.29) is 6.10 Å². The number of aliphatic hydroxyl groups excluding tert-OH is 1. The Morgan fingerprint density at radius 2 is 2.00 bits per heavy atom. The fourth-order valence-electron chi connectivity index (χ4n) is 2.87. The van der Waals surface area contributed by atoms with Crippen molar-refractivity contribution in [2.75, 3.05) is 0 Å². The number of hydrogen-bond donors (Lipinski definition) is 1. The molecule has 1 nitrogen and oxygen atoms in total. The summed E-state index contributed by atoms with van der Waals surface area (Å²) < 4.78 is 0. The highest BCUT2D eigenvalue weighted by atomic mass is 16.3. The Bertz CT molecular complexity index is 349. The molecular weight excluding hydrogens is 208 g/mol. The van der Waals surface area contributed by atoms with E-state index in [2.05, 4.69) is 31.2 Å². The largest absolute Gasteiger partial charge is 0.389 e. The first-order valence-corrected chi connectivity index (χ1v) is 6.85. The number of hydrogen-bond acceptors (Lipinski definition) is 1. The van der Waals surface area contributed by atoms with E-state index in [0.29, 0.717) is 5.92 Å². The highest BCUT2D eigenvalue weighted by Crippen LogP contribution is 2.28. The molecule has 17 heavy (non-hydrogen) atoms. The molecule has 0 aromatic rings. The van der Waals surface area contributed by atoms with Crippen LogP contribution >= 0.6 is 0 Å². The summed E-state index contributed by atoms with van der Waals surface area (Å²) in [6, 6.07) is 0. The summed E-state index contributed by atoms with van der Waals surface area (Å²) in [7, 11) is 0. The van der Waals surface area contributed by atoms with Gasteiger partial charge >= 0.3 is 0 Å². The topological polar surface area (TPSA) is 20.2 Å². The monoisotopic (exact) mass is 232 g/mol. The first-order valence-electron chi connectivity index (χ1n) is 6.85. The average Bonchev–Trinajstić information content (AvgIpc) is 2.31. The molecule has 0 amide bonds. The van der Waals surface area contributed by atoms with Crippen LogP contribution in [0.1, 0.15) is 46.0 Å². The van der Waals surface area contributed by atoms with Gasteiger partial charge in [0.25, 0.3) is 0 Å². The maximum absolute atomic E-state index is 9.65. The van der Waals surface area contributed by atoms with Gasteiger partial charge in [-0.05, 0) is 63.4 Å². The highest BCUT2D eigenvalue weighted by molar-refractivity contribution is 5.16. The molecule has 3 unspecified atom stereocenters. The molecule has 94 valence electrons. The zero-order chi connectivity index (χ0) is 12.3. The summed E-state index contributed by atoms with van der Waals surface area (Å²) in [5.74, 6) is 1.28. The van der Waals surface area contributed by atoms with Crippen molar-refractivity contribution in [3.05, 3.63) is 35.5 Å². The standard InChI is InChI=1S/C16H24O/c1-12-4-3-5-14(10-12)6-7-15-8-9-16(17)13(2)11-15/h4,6-7,11,14-17H,3,5,8-10H2,1-2H3/b7-6+. The lowest BCUT2D eigenvalue weighted by Gasteiger charge is -2.22. The van der Waals surface area contributed by atoms with Crippen molar-refractivity contribution in [3.63, 3.8) is 0 Å².